The van der Waals surface area contributed by atoms with Gasteiger partial charge in [-0.15, -0.1) is 0 Å². The van der Waals surface area contributed by atoms with Gasteiger partial charge < -0.3 is 13.9 Å². The molecule has 1 aromatic heterocycles. The molecule has 1 heterocycles. The molecular formula is C24H26O4. The molecule has 0 fully saturated rings. The van der Waals surface area contributed by atoms with Gasteiger partial charge in [-0.25, -0.2) is 0 Å². The number of esters is 1. The molecule has 4 nitrogen and oxygen atoms in total. The topological polar surface area (TPSA) is 48.7 Å². The summed E-state index contributed by atoms with van der Waals surface area (Å²) in [6.45, 7) is 5.06. The molecule has 4 heteroatoms. The van der Waals surface area contributed by atoms with Crippen LogP contribution in [0.15, 0.2) is 71.3 Å². The molecule has 0 saturated heterocycles. The van der Waals surface area contributed by atoms with E-state index in [0.717, 1.165) is 29.1 Å². The first-order valence-corrected chi connectivity index (χ1v) is 9.56. The highest BCUT2D eigenvalue weighted by Gasteiger charge is 2.09. The van der Waals surface area contributed by atoms with Crippen LogP contribution >= 0.6 is 0 Å². The summed E-state index contributed by atoms with van der Waals surface area (Å²) >= 11 is 0. The summed E-state index contributed by atoms with van der Waals surface area (Å²) in [7, 11) is 0. The van der Waals surface area contributed by atoms with Crippen LogP contribution in [-0.4, -0.2) is 12.6 Å². The SMILES string of the molecule is CC(C)COc1cccc(CC(=O)OCc2coc(Cc3ccccc3)c2)c1. The fourth-order valence-electron chi connectivity index (χ4n) is 2.78. The van der Waals surface area contributed by atoms with Crippen molar-refractivity contribution >= 4 is 5.97 Å². The van der Waals surface area contributed by atoms with Gasteiger partial charge in [-0.2, -0.15) is 0 Å². The zero-order valence-corrected chi connectivity index (χ0v) is 16.4. The van der Waals surface area contributed by atoms with Crippen LogP contribution in [0.2, 0.25) is 0 Å². The van der Waals surface area contributed by atoms with Crippen LogP contribution in [-0.2, 0) is 29.0 Å². The van der Waals surface area contributed by atoms with Gasteiger partial charge in [0.2, 0.25) is 0 Å². The van der Waals surface area contributed by atoms with Gasteiger partial charge in [0.1, 0.15) is 18.1 Å². The predicted octanol–water partition coefficient (Wildman–Crippen LogP) is 5.19. The summed E-state index contributed by atoms with van der Waals surface area (Å²) in [6.07, 6.45) is 2.58. The number of carbonyl (C=O) groups is 1. The van der Waals surface area contributed by atoms with E-state index in [0.29, 0.717) is 12.5 Å². The molecule has 0 radical (unpaired) electrons. The third kappa shape index (κ3) is 6.31. The first kappa shape index (κ1) is 19.7. The molecule has 0 N–H and O–H groups in total. The van der Waals surface area contributed by atoms with Crippen LogP contribution in [0.1, 0.15) is 36.3 Å². The summed E-state index contributed by atoms with van der Waals surface area (Å²) in [4.78, 5) is 12.2. The molecule has 0 bridgehead atoms. The minimum absolute atomic E-state index is 0.209. The fourth-order valence-corrected chi connectivity index (χ4v) is 2.78. The quantitative estimate of drug-likeness (QED) is 0.481. The second-order valence-corrected chi connectivity index (χ2v) is 7.27. The first-order chi connectivity index (χ1) is 13.6. The monoisotopic (exact) mass is 378 g/mol. The Morgan fingerprint density at radius 2 is 1.75 bits per heavy atom. The van der Waals surface area contributed by atoms with E-state index in [1.165, 1.54) is 5.56 Å². The number of benzene rings is 2. The molecule has 0 unspecified atom stereocenters. The van der Waals surface area contributed by atoms with Gasteiger partial charge in [0.25, 0.3) is 0 Å². The summed E-state index contributed by atoms with van der Waals surface area (Å²) in [5.74, 6) is 1.81. The fraction of sp³-hybridized carbons (Fsp3) is 0.292. The molecule has 0 amide bonds. The standard InChI is InChI=1S/C24H26O4/c1-18(2)15-26-22-10-6-9-20(12-22)14-24(25)28-17-21-13-23(27-16-21)11-19-7-4-3-5-8-19/h3-10,12-13,16,18H,11,14-15,17H2,1-2H3. The summed E-state index contributed by atoms with van der Waals surface area (Å²) in [6, 6.07) is 19.6. The lowest BCUT2D eigenvalue weighted by molar-refractivity contribution is -0.144. The Balaban J connectivity index is 1.47. The number of furan rings is 1. The van der Waals surface area contributed by atoms with Crippen molar-refractivity contribution in [2.75, 3.05) is 6.61 Å². The second-order valence-electron chi connectivity index (χ2n) is 7.27. The molecule has 0 aliphatic heterocycles. The predicted molar refractivity (Wildman–Crippen MR) is 108 cm³/mol. The Morgan fingerprint density at radius 1 is 0.964 bits per heavy atom. The van der Waals surface area contributed by atoms with Gasteiger partial charge >= 0.3 is 5.97 Å². The molecule has 3 rings (SSSR count). The summed E-state index contributed by atoms with van der Waals surface area (Å²) < 4.78 is 16.7. The van der Waals surface area contributed by atoms with Crippen molar-refractivity contribution in [3.8, 4) is 5.75 Å². The van der Waals surface area contributed by atoms with Crippen molar-refractivity contribution in [1.29, 1.82) is 0 Å². The highest BCUT2D eigenvalue weighted by Crippen LogP contribution is 2.17. The molecule has 0 spiro atoms. The van der Waals surface area contributed by atoms with Crippen LogP contribution in [0.25, 0.3) is 0 Å². The zero-order valence-electron chi connectivity index (χ0n) is 16.4. The Labute approximate surface area is 166 Å². The van der Waals surface area contributed by atoms with E-state index >= 15 is 0 Å². The largest absolute Gasteiger partial charge is 0.493 e. The highest BCUT2D eigenvalue weighted by atomic mass is 16.5. The van der Waals surface area contributed by atoms with Gasteiger partial charge in [-0.05, 0) is 35.2 Å². The van der Waals surface area contributed by atoms with Crippen molar-refractivity contribution in [3.63, 3.8) is 0 Å². The minimum atomic E-state index is -0.271. The van der Waals surface area contributed by atoms with Crippen molar-refractivity contribution in [3.05, 3.63) is 89.4 Å². The van der Waals surface area contributed by atoms with Gasteiger partial charge in [0.15, 0.2) is 0 Å². The smallest absolute Gasteiger partial charge is 0.310 e. The number of hydrogen-bond acceptors (Lipinski definition) is 4. The number of carbonyl (C=O) groups excluding carboxylic acids is 1. The molecule has 0 aliphatic rings. The average Bonchev–Trinajstić information content (AvgIpc) is 3.13. The maximum Gasteiger partial charge on any atom is 0.310 e. The molecule has 28 heavy (non-hydrogen) atoms. The third-order valence-electron chi connectivity index (χ3n) is 4.16. The molecule has 146 valence electrons. The Morgan fingerprint density at radius 3 is 2.54 bits per heavy atom. The lowest BCUT2D eigenvalue weighted by atomic mass is 10.1. The van der Waals surface area contributed by atoms with E-state index in [1.807, 2.05) is 48.5 Å². The number of rotatable bonds is 9. The van der Waals surface area contributed by atoms with Crippen molar-refractivity contribution in [2.24, 2.45) is 5.92 Å². The van der Waals surface area contributed by atoms with E-state index in [1.54, 1.807) is 6.26 Å². The molecular weight excluding hydrogens is 352 g/mol. The van der Waals surface area contributed by atoms with Crippen LogP contribution in [0.5, 0.6) is 5.75 Å². The van der Waals surface area contributed by atoms with Gasteiger partial charge in [0, 0.05) is 12.0 Å². The second kappa shape index (κ2) is 9.79. The van der Waals surface area contributed by atoms with Gasteiger partial charge in [-0.1, -0.05) is 56.3 Å². The minimum Gasteiger partial charge on any atom is -0.493 e. The van der Waals surface area contributed by atoms with Crippen LogP contribution < -0.4 is 4.74 Å². The van der Waals surface area contributed by atoms with Crippen molar-refractivity contribution in [1.82, 2.24) is 0 Å². The Bertz CT molecular complexity index is 880. The Kier molecular flexibility index (Phi) is 6.90. The maximum atomic E-state index is 12.2. The molecule has 0 atom stereocenters. The van der Waals surface area contributed by atoms with Crippen LogP contribution in [0, 0.1) is 5.92 Å². The molecule has 0 aliphatic carbocycles. The summed E-state index contributed by atoms with van der Waals surface area (Å²) in [5.41, 5.74) is 2.91. The van der Waals surface area contributed by atoms with E-state index in [-0.39, 0.29) is 19.0 Å². The number of ether oxygens (including phenoxy) is 2. The lowest BCUT2D eigenvalue weighted by Crippen LogP contribution is -2.08. The van der Waals surface area contributed by atoms with E-state index in [9.17, 15) is 4.79 Å². The van der Waals surface area contributed by atoms with Gasteiger partial charge in [-0.3, -0.25) is 4.79 Å². The Hall–Kier alpha value is -3.01. The zero-order chi connectivity index (χ0) is 19.8. The van der Waals surface area contributed by atoms with E-state index < -0.39 is 0 Å². The lowest BCUT2D eigenvalue weighted by Gasteiger charge is -2.10. The normalized spacial score (nSPS) is 10.8. The van der Waals surface area contributed by atoms with Gasteiger partial charge in [0.05, 0.1) is 19.3 Å². The van der Waals surface area contributed by atoms with Crippen LogP contribution in [0.4, 0.5) is 0 Å². The number of hydrogen-bond donors (Lipinski definition) is 0. The van der Waals surface area contributed by atoms with Crippen molar-refractivity contribution in [2.45, 2.75) is 33.3 Å². The average molecular weight is 378 g/mol. The van der Waals surface area contributed by atoms with Crippen molar-refractivity contribution < 1.29 is 18.7 Å². The summed E-state index contributed by atoms with van der Waals surface area (Å²) in [5, 5.41) is 0. The van der Waals surface area contributed by atoms with Crippen LogP contribution in [0.3, 0.4) is 0 Å². The third-order valence-corrected chi connectivity index (χ3v) is 4.16. The molecule has 0 saturated carbocycles. The maximum absolute atomic E-state index is 12.2. The molecule has 2 aromatic carbocycles. The van der Waals surface area contributed by atoms with E-state index in [4.69, 9.17) is 13.9 Å². The first-order valence-electron chi connectivity index (χ1n) is 9.56. The highest BCUT2D eigenvalue weighted by molar-refractivity contribution is 5.72. The molecule has 3 aromatic rings. The van der Waals surface area contributed by atoms with E-state index in [2.05, 4.69) is 26.0 Å².